The van der Waals surface area contributed by atoms with Crippen LogP contribution in [0.4, 0.5) is 0 Å². The molecule has 3 heteroatoms. The Morgan fingerprint density at radius 2 is 2.41 bits per heavy atom. The van der Waals surface area contributed by atoms with E-state index in [2.05, 4.69) is 6.58 Å². The lowest BCUT2D eigenvalue weighted by Crippen LogP contribution is -2.26. The first-order valence-corrected chi connectivity index (χ1v) is 5.87. The fourth-order valence-corrected chi connectivity index (χ4v) is 1.88. The second kappa shape index (κ2) is 5.23. The van der Waals surface area contributed by atoms with E-state index in [-0.39, 0.29) is 12.7 Å². The molecule has 0 spiro atoms. The first-order valence-electron chi connectivity index (χ1n) is 5.87. The van der Waals surface area contributed by atoms with E-state index in [1.807, 2.05) is 25.1 Å². The molecule has 1 unspecified atom stereocenters. The summed E-state index contributed by atoms with van der Waals surface area (Å²) in [7, 11) is 0. The van der Waals surface area contributed by atoms with Crippen molar-refractivity contribution in [2.75, 3.05) is 13.2 Å². The molecule has 0 saturated carbocycles. The second-order valence-corrected chi connectivity index (χ2v) is 4.45. The summed E-state index contributed by atoms with van der Waals surface area (Å²) in [6.45, 7) is 6.27. The quantitative estimate of drug-likeness (QED) is 0.813. The SMILES string of the molecule is C=C(C)COc1cccc2c1OC(CO)CC2. The number of ether oxygens (including phenoxy) is 2. The van der Waals surface area contributed by atoms with Crippen molar-refractivity contribution in [2.24, 2.45) is 0 Å². The van der Waals surface area contributed by atoms with E-state index in [0.717, 1.165) is 35.5 Å². The van der Waals surface area contributed by atoms with Crippen molar-refractivity contribution in [3.05, 3.63) is 35.9 Å². The minimum absolute atomic E-state index is 0.0499. The molecule has 1 heterocycles. The molecule has 2 rings (SSSR count). The number of benzene rings is 1. The third kappa shape index (κ3) is 2.80. The van der Waals surface area contributed by atoms with Gasteiger partial charge in [-0.2, -0.15) is 0 Å². The van der Waals surface area contributed by atoms with E-state index in [0.29, 0.717) is 6.61 Å². The summed E-state index contributed by atoms with van der Waals surface area (Å²) in [5.74, 6) is 1.52. The second-order valence-electron chi connectivity index (χ2n) is 4.45. The van der Waals surface area contributed by atoms with E-state index in [1.54, 1.807) is 0 Å². The minimum Gasteiger partial charge on any atom is -0.485 e. The lowest BCUT2D eigenvalue weighted by Gasteiger charge is -2.26. The summed E-state index contributed by atoms with van der Waals surface area (Å²) < 4.78 is 11.4. The molecular formula is C14H18O3. The molecule has 0 radical (unpaired) electrons. The molecule has 0 amide bonds. The molecule has 0 bridgehead atoms. The molecule has 3 nitrogen and oxygen atoms in total. The third-order valence-corrected chi connectivity index (χ3v) is 2.76. The number of aliphatic hydroxyl groups excluding tert-OH is 1. The Morgan fingerprint density at radius 3 is 3.12 bits per heavy atom. The highest BCUT2D eigenvalue weighted by molar-refractivity contribution is 5.48. The van der Waals surface area contributed by atoms with Crippen LogP contribution < -0.4 is 9.47 Å². The van der Waals surface area contributed by atoms with Gasteiger partial charge in [0.15, 0.2) is 11.5 Å². The topological polar surface area (TPSA) is 38.7 Å². The summed E-state index contributed by atoms with van der Waals surface area (Å²) in [6, 6.07) is 5.90. The van der Waals surface area contributed by atoms with Crippen molar-refractivity contribution < 1.29 is 14.6 Å². The normalized spacial score (nSPS) is 18.1. The van der Waals surface area contributed by atoms with Gasteiger partial charge in [0.05, 0.1) is 6.61 Å². The molecule has 0 fully saturated rings. The van der Waals surface area contributed by atoms with Gasteiger partial charge in [-0.15, -0.1) is 0 Å². The molecule has 1 N–H and O–H groups in total. The van der Waals surface area contributed by atoms with Crippen LogP contribution in [0.1, 0.15) is 18.9 Å². The zero-order chi connectivity index (χ0) is 12.3. The predicted molar refractivity (Wildman–Crippen MR) is 66.6 cm³/mol. The molecule has 1 aliphatic heterocycles. The molecule has 0 aromatic heterocycles. The molecular weight excluding hydrogens is 216 g/mol. The Hall–Kier alpha value is -1.48. The molecule has 1 atom stereocenters. The van der Waals surface area contributed by atoms with Gasteiger partial charge in [0.2, 0.25) is 0 Å². The predicted octanol–water partition coefficient (Wildman–Crippen LogP) is 2.33. The van der Waals surface area contributed by atoms with Crippen LogP contribution in [0.15, 0.2) is 30.4 Å². The van der Waals surface area contributed by atoms with Crippen molar-refractivity contribution >= 4 is 0 Å². The fraction of sp³-hybridized carbons (Fsp3) is 0.429. The molecule has 92 valence electrons. The van der Waals surface area contributed by atoms with Crippen molar-refractivity contribution in [3.8, 4) is 11.5 Å². The average Bonchev–Trinajstić information content (AvgIpc) is 2.35. The van der Waals surface area contributed by atoms with Crippen molar-refractivity contribution in [1.29, 1.82) is 0 Å². The summed E-state index contributed by atoms with van der Waals surface area (Å²) >= 11 is 0. The maximum absolute atomic E-state index is 9.15. The number of hydrogen-bond donors (Lipinski definition) is 1. The smallest absolute Gasteiger partial charge is 0.164 e. The number of rotatable bonds is 4. The van der Waals surface area contributed by atoms with Gasteiger partial charge in [-0.1, -0.05) is 18.7 Å². The first-order chi connectivity index (χ1) is 8.20. The van der Waals surface area contributed by atoms with E-state index in [1.165, 1.54) is 0 Å². The third-order valence-electron chi connectivity index (χ3n) is 2.76. The van der Waals surface area contributed by atoms with Crippen LogP contribution in [0.2, 0.25) is 0 Å². The van der Waals surface area contributed by atoms with Crippen LogP contribution in [0.25, 0.3) is 0 Å². The van der Waals surface area contributed by atoms with Crippen LogP contribution in [0.3, 0.4) is 0 Å². The Kier molecular flexibility index (Phi) is 3.69. The van der Waals surface area contributed by atoms with Gasteiger partial charge in [0, 0.05) is 0 Å². The van der Waals surface area contributed by atoms with E-state index in [4.69, 9.17) is 14.6 Å². The summed E-state index contributed by atoms with van der Waals surface area (Å²) in [5, 5.41) is 9.15. The molecule has 1 aromatic rings. The number of hydrogen-bond acceptors (Lipinski definition) is 3. The van der Waals surface area contributed by atoms with E-state index in [9.17, 15) is 0 Å². The number of fused-ring (bicyclic) bond motifs is 1. The van der Waals surface area contributed by atoms with Gasteiger partial charge in [-0.25, -0.2) is 0 Å². The van der Waals surface area contributed by atoms with Crippen LogP contribution in [-0.2, 0) is 6.42 Å². The van der Waals surface area contributed by atoms with Gasteiger partial charge in [0.1, 0.15) is 12.7 Å². The van der Waals surface area contributed by atoms with Crippen LogP contribution in [-0.4, -0.2) is 24.4 Å². The maximum Gasteiger partial charge on any atom is 0.164 e. The van der Waals surface area contributed by atoms with Crippen molar-refractivity contribution in [3.63, 3.8) is 0 Å². The lowest BCUT2D eigenvalue weighted by atomic mass is 10.0. The summed E-state index contributed by atoms with van der Waals surface area (Å²) in [6.07, 6.45) is 1.66. The lowest BCUT2D eigenvalue weighted by molar-refractivity contribution is 0.0938. The molecule has 17 heavy (non-hydrogen) atoms. The van der Waals surface area contributed by atoms with Gasteiger partial charge in [0.25, 0.3) is 0 Å². The first kappa shape index (κ1) is 12.0. The molecule has 1 aliphatic rings. The monoisotopic (exact) mass is 234 g/mol. The molecule has 1 aromatic carbocycles. The van der Waals surface area contributed by atoms with Crippen LogP contribution >= 0.6 is 0 Å². The van der Waals surface area contributed by atoms with Crippen LogP contribution in [0.5, 0.6) is 11.5 Å². The Bertz CT molecular complexity index is 412. The van der Waals surface area contributed by atoms with Gasteiger partial charge in [-0.05, 0) is 37.0 Å². The van der Waals surface area contributed by atoms with Gasteiger partial charge in [-0.3, -0.25) is 0 Å². The minimum atomic E-state index is -0.114. The molecule has 0 saturated heterocycles. The zero-order valence-corrected chi connectivity index (χ0v) is 10.1. The largest absolute Gasteiger partial charge is 0.485 e. The van der Waals surface area contributed by atoms with Gasteiger partial charge >= 0.3 is 0 Å². The van der Waals surface area contributed by atoms with Crippen molar-refractivity contribution in [1.82, 2.24) is 0 Å². The highest BCUT2D eigenvalue weighted by Gasteiger charge is 2.22. The standard InChI is InChI=1S/C14H18O3/c1-10(2)9-16-13-5-3-4-11-6-7-12(8-15)17-14(11)13/h3-5,12,15H,1,6-9H2,2H3. The number of para-hydroxylation sites is 1. The van der Waals surface area contributed by atoms with E-state index >= 15 is 0 Å². The number of aryl methyl sites for hydroxylation is 1. The summed E-state index contributed by atoms with van der Waals surface area (Å²) in [5.41, 5.74) is 2.12. The maximum atomic E-state index is 9.15. The average molecular weight is 234 g/mol. The Morgan fingerprint density at radius 1 is 1.59 bits per heavy atom. The summed E-state index contributed by atoms with van der Waals surface area (Å²) in [4.78, 5) is 0. The molecule has 0 aliphatic carbocycles. The Labute approximate surface area is 102 Å². The van der Waals surface area contributed by atoms with Crippen molar-refractivity contribution in [2.45, 2.75) is 25.9 Å². The van der Waals surface area contributed by atoms with Gasteiger partial charge < -0.3 is 14.6 Å². The zero-order valence-electron chi connectivity index (χ0n) is 10.1. The highest BCUT2D eigenvalue weighted by atomic mass is 16.5. The Balaban J connectivity index is 2.19. The number of aliphatic hydroxyl groups is 1. The van der Waals surface area contributed by atoms with Crippen LogP contribution in [0, 0.1) is 0 Å². The highest BCUT2D eigenvalue weighted by Crippen LogP contribution is 2.36. The van der Waals surface area contributed by atoms with E-state index < -0.39 is 0 Å². The fourth-order valence-electron chi connectivity index (χ4n) is 1.88.